The molecule has 4 nitrogen and oxygen atoms in total. The number of rotatable bonds is 8. The van der Waals surface area contributed by atoms with Crippen LogP contribution >= 0.6 is 15.9 Å². The lowest BCUT2D eigenvalue weighted by atomic mass is 10.00. The van der Waals surface area contributed by atoms with Gasteiger partial charge in [0.25, 0.3) is 0 Å². The average molecular weight is 354 g/mol. The van der Waals surface area contributed by atoms with Gasteiger partial charge in [-0.1, -0.05) is 25.1 Å². The highest BCUT2D eigenvalue weighted by molar-refractivity contribution is 9.10. The van der Waals surface area contributed by atoms with Gasteiger partial charge in [-0.3, -0.25) is 0 Å². The Labute approximate surface area is 133 Å². The minimum atomic E-state index is 0.0156. The molecule has 0 saturated carbocycles. The van der Waals surface area contributed by atoms with E-state index in [1.165, 1.54) is 0 Å². The monoisotopic (exact) mass is 353 g/mol. The fourth-order valence-corrected chi connectivity index (χ4v) is 2.66. The lowest BCUT2D eigenvalue weighted by Crippen LogP contribution is -2.22. The molecule has 0 aliphatic heterocycles. The Morgan fingerprint density at radius 1 is 1.19 bits per heavy atom. The van der Waals surface area contributed by atoms with Crippen LogP contribution < -0.4 is 10.1 Å². The predicted molar refractivity (Wildman–Crippen MR) is 85.7 cm³/mol. The van der Waals surface area contributed by atoms with Crippen LogP contribution in [0, 0.1) is 0 Å². The molecule has 1 aromatic heterocycles. The Balaban J connectivity index is 2.30. The summed E-state index contributed by atoms with van der Waals surface area (Å²) < 4.78 is 17.0. The number of furan rings is 1. The van der Waals surface area contributed by atoms with E-state index in [0.29, 0.717) is 13.2 Å². The second-order valence-electron chi connectivity index (χ2n) is 4.52. The summed E-state index contributed by atoms with van der Waals surface area (Å²) in [6, 6.07) is 10.00. The van der Waals surface area contributed by atoms with Crippen LogP contribution in [0.15, 0.2) is 45.7 Å². The molecule has 1 N–H and O–H groups in total. The lowest BCUT2D eigenvalue weighted by Gasteiger charge is -2.21. The fraction of sp³-hybridized carbons (Fsp3) is 0.375. The van der Waals surface area contributed by atoms with E-state index in [1.807, 2.05) is 24.3 Å². The third kappa shape index (κ3) is 4.09. The molecule has 5 heteroatoms. The molecule has 0 amide bonds. The maximum Gasteiger partial charge on any atom is 0.174 e. The molecule has 0 bridgehead atoms. The topological polar surface area (TPSA) is 43.6 Å². The van der Waals surface area contributed by atoms with Crippen LogP contribution in [0.25, 0.3) is 0 Å². The third-order valence-corrected chi connectivity index (χ3v) is 3.79. The van der Waals surface area contributed by atoms with Crippen molar-refractivity contribution in [3.63, 3.8) is 0 Å². The molecule has 0 saturated heterocycles. The minimum absolute atomic E-state index is 0.0156. The molecule has 1 unspecified atom stereocenters. The number of hydrogen-bond donors (Lipinski definition) is 1. The van der Waals surface area contributed by atoms with Crippen molar-refractivity contribution in [2.24, 2.45) is 0 Å². The summed E-state index contributed by atoms with van der Waals surface area (Å²) >= 11 is 3.46. The first-order valence-electron chi connectivity index (χ1n) is 6.94. The highest BCUT2D eigenvalue weighted by atomic mass is 79.9. The summed E-state index contributed by atoms with van der Waals surface area (Å²) in [6.45, 7) is 4.01. The molecular formula is C16H20BrNO3. The smallest absolute Gasteiger partial charge is 0.174 e. The van der Waals surface area contributed by atoms with E-state index < -0.39 is 0 Å². The van der Waals surface area contributed by atoms with Crippen LogP contribution in [0.4, 0.5) is 0 Å². The first kappa shape index (κ1) is 16.1. The molecule has 2 aromatic rings. The van der Waals surface area contributed by atoms with Crippen molar-refractivity contribution >= 4 is 15.9 Å². The van der Waals surface area contributed by atoms with E-state index in [4.69, 9.17) is 13.9 Å². The zero-order chi connectivity index (χ0) is 15.1. The second kappa shape index (κ2) is 8.22. The highest BCUT2D eigenvalue weighted by Crippen LogP contribution is 2.34. The van der Waals surface area contributed by atoms with Crippen LogP contribution in [-0.4, -0.2) is 26.9 Å². The second-order valence-corrected chi connectivity index (χ2v) is 5.24. The molecule has 2 rings (SSSR count). The zero-order valence-corrected chi connectivity index (χ0v) is 13.9. The number of nitrogens with one attached hydrogen (secondary N) is 1. The Hall–Kier alpha value is -1.30. The first-order valence-corrected chi connectivity index (χ1v) is 7.74. The number of para-hydroxylation sites is 1. The van der Waals surface area contributed by atoms with Crippen molar-refractivity contribution in [2.45, 2.75) is 13.0 Å². The van der Waals surface area contributed by atoms with E-state index in [2.05, 4.69) is 34.2 Å². The number of methoxy groups -OCH3 is 1. The van der Waals surface area contributed by atoms with Gasteiger partial charge >= 0.3 is 0 Å². The van der Waals surface area contributed by atoms with Crippen molar-refractivity contribution in [3.05, 3.63) is 52.4 Å². The number of ether oxygens (including phenoxy) is 2. The SMILES string of the molecule is CCNC(c1ccccc1OCCOC)c1ccoc1Br. The van der Waals surface area contributed by atoms with Gasteiger partial charge in [0.2, 0.25) is 0 Å². The van der Waals surface area contributed by atoms with Crippen LogP contribution in [0.5, 0.6) is 5.75 Å². The van der Waals surface area contributed by atoms with Crippen LogP contribution in [0.3, 0.4) is 0 Å². The van der Waals surface area contributed by atoms with Gasteiger partial charge in [-0.15, -0.1) is 0 Å². The third-order valence-electron chi connectivity index (χ3n) is 3.14. The first-order chi connectivity index (χ1) is 10.3. The number of benzene rings is 1. The van der Waals surface area contributed by atoms with Gasteiger partial charge in [0.1, 0.15) is 12.4 Å². The molecule has 114 valence electrons. The van der Waals surface area contributed by atoms with Gasteiger partial charge < -0.3 is 19.2 Å². The molecule has 0 fully saturated rings. The van der Waals surface area contributed by atoms with Crippen molar-refractivity contribution in [3.8, 4) is 5.75 Å². The van der Waals surface area contributed by atoms with Gasteiger partial charge in [-0.2, -0.15) is 0 Å². The Morgan fingerprint density at radius 3 is 2.67 bits per heavy atom. The Kier molecular flexibility index (Phi) is 6.29. The molecule has 0 radical (unpaired) electrons. The summed E-state index contributed by atoms with van der Waals surface area (Å²) in [5.41, 5.74) is 2.14. The predicted octanol–water partition coefficient (Wildman–Crippen LogP) is 3.77. The molecule has 0 aliphatic rings. The molecule has 1 atom stereocenters. The summed E-state index contributed by atoms with van der Waals surface area (Å²) in [4.78, 5) is 0. The van der Waals surface area contributed by atoms with Crippen LogP contribution in [-0.2, 0) is 4.74 Å². The van der Waals surface area contributed by atoms with Crippen LogP contribution in [0.1, 0.15) is 24.1 Å². The largest absolute Gasteiger partial charge is 0.491 e. The standard InChI is InChI=1S/C16H20BrNO3/c1-3-18-15(13-8-9-21-16(13)17)12-6-4-5-7-14(12)20-11-10-19-2/h4-9,15,18H,3,10-11H2,1-2H3. The zero-order valence-electron chi connectivity index (χ0n) is 12.3. The minimum Gasteiger partial charge on any atom is -0.491 e. The molecule has 21 heavy (non-hydrogen) atoms. The van der Waals surface area contributed by atoms with E-state index in [1.54, 1.807) is 13.4 Å². The molecular weight excluding hydrogens is 334 g/mol. The van der Waals surface area contributed by atoms with E-state index >= 15 is 0 Å². The van der Waals surface area contributed by atoms with Crippen molar-refractivity contribution < 1.29 is 13.9 Å². The Bertz CT molecular complexity index is 556. The summed E-state index contributed by atoms with van der Waals surface area (Å²) in [5, 5.41) is 3.47. The van der Waals surface area contributed by atoms with Gasteiger partial charge in [0, 0.05) is 18.2 Å². The maximum absolute atomic E-state index is 5.83. The lowest BCUT2D eigenvalue weighted by molar-refractivity contribution is 0.145. The molecule has 1 heterocycles. The van der Waals surface area contributed by atoms with E-state index in [-0.39, 0.29) is 6.04 Å². The highest BCUT2D eigenvalue weighted by Gasteiger charge is 2.21. The van der Waals surface area contributed by atoms with Crippen molar-refractivity contribution in [1.29, 1.82) is 0 Å². The fourth-order valence-electron chi connectivity index (χ4n) is 2.19. The van der Waals surface area contributed by atoms with Crippen molar-refractivity contribution in [2.75, 3.05) is 26.9 Å². The summed E-state index contributed by atoms with van der Waals surface area (Å²) in [6.07, 6.45) is 1.68. The average Bonchev–Trinajstić information content (AvgIpc) is 2.92. The number of halogens is 1. The van der Waals surface area contributed by atoms with E-state index in [0.717, 1.165) is 28.1 Å². The maximum atomic E-state index is 5.83. The summed E-state index contributed by atoms with van der Waals surface area (Å²) in [5.74, 6) is 0.855. The van der Waals surface area contributed by atoms with E-state index in [9.17, 15) is 0 Å². The van der Waals surface area contributed by atoms with Gasteiger partial charge in [-0.05, 0) is 34.6 Å². The molecule has 0 spiro atoms. The van der Waals surface area contributed by atoms with Crippen molar-refractivity contribution in [1.82, 2.24) is 5.32 Å². The normalized spacial score (nSPS) is 12.3. The molecule has 0 aliphatic carbocycles. The Morgan fingerprint density at radius 2 is 2.00 bits per heavy atom. The quantitative estimate of drug-likeness (QED) is 0.733. The van der Waals surface area contributed by atoms with Gasteiger partial charge in [0.15, 0.2) is 4.67 Å². The number of hydrogen-bond acceptors (Lipinski definition) is 4. The van der Waals surface area contributed by atoms with Gasteiger partial charge in [-0.25, -0.2) is 0 Å². The molecule has 1 aromatic carbocycles. The van der Waals surface area contributed by atoms with Crippen LogP contribution in [0.2, 0.25) is 0 Å². The van der Waals surface area contributed by atoms with Gasteiger partial charge in [0.05, 0.1) is 18.9 Å². The summed E-state index contributed by atoms with van der Waals surface area (Å²) in [7, 11) is 1.67.